The number of hydrogen-bond donors (Lipinski definition) is 3. The van der Waals surface area contributed by atoms with Crippen molar-refractivity contribution >= 4 is 24.0 Å². The lowest BCUT2D eigenvalue weighted by molar-refractivity contribution is -0.169. The fourth-order valence-electron chi connectivity index (χ4n) is 2.35. The number of esters is 3. The summed E-state index contributed by atoms with van der Waals surface area (Å²) < 4.78 is 18.9. The monoisotopic (exact) mass is 382 g/mol. The molecule has 146 valence electrons. The molecule has 1 heterocycles. The van der Waals surface area contributed by atoms with Crippen LogP contribution in [0.25, 0.3) is 6.08 Å². The summed E-state index contributed by atoms with van der Waals surface area (Å²) in [4.78, 5) is 34.9. The second-order valence-electron chi connectivity index (χ2n) is 5.48. The molecule has 10 heteroatoms. The van der Waals surface area contributed by atoms with E-state index in [1.807, 2.05) is 0 Å². The molecule has 0 aliphatic carbocycles. The molecular weight excluding hydrogens is 364 g/mol. The van der Waals surface area contributed by atoms with E-state index in [1.165, 1.54) is 31.4 Å². The highest BCUT2D eigenvalue weighted by molar-refractivity contribution is 5.88. The molecule has 0 bridgehead atoms. The first kappa shape index (κ1) is 20.2. The van der Waals surface area contributed by atoms with Gasteiger partial charge in [0.05, 0.1) is 14.2 Å². The summed E-state index contributed by atoms with van der Waals surface area (Å²) >= 11 is 0. The normalized spacial score (nSPS) is 23.0. The van der Waals surface area contributed by atoms with Crippen molar-refractivity contribution in [1.82, 2.24) is 0 Å². The van der Waals surface area contributed by atoms with Crippen LogP contribution in [0.15, 0.2) is 24.3 Å². The van der Waals surface area contributed by atoms with Crippen molar-refractivity contribution in [2.75, 3.05) is 14.2 Å². The second kappa shape index (κ2) is 8.52. The molecule has 3 N–H and O–H groups in total. The van der Waals surface area contributed by atoms with E-state index in [-0.39, 0.29) is 11.5 Å². The Labute approximate surface area is 153 Å². The molecule has 1 saturated heterocycles. The molecule has 1 aromatic carbocycles. The number of phenols is 1. The van der Waals surface area contributed by atoms with Crippen LogP contribution >= 0.6 is 0 Å². The molecule has 1 fully saturated rings. The number of methoxy groups -OCH3 is 2. The Hall–Kier alpha value is -3.11. The molecule has 1 aliphatic rings. The Balaban J connectivity index is 2.10. The molecule has 10 nitrogen and oxygen atoms in total. The van der Waals surface area contributed by atoms with Gasteiger partial charge in [-0.3, -0.25) is 0 Å². The number of benzene rings is 1. The molecule has 0 saturated carbocycles. The predicted molar refractivity (Wildman–Crippen MR) is 87.5 cm³/mol. The Morgan fingerprint density at radius 3 is 2.63 bits per heavy atom. The zero-order chi connectivity index (χ0) is 20.1. The van der Waals surface area contributed by atoms with E-state index in [0.717, 1.165) is 13.2 Å². The van der Waals surface area contributed by atoms with Crippen molar-refractivity contribution in [3.05, 3.63) is 29.8 Å². The first-order valence-electron chi connectivity index (χ1n) is 7.68. The zero-order valence-electron chi connectivity index (χ0n) is 14.4. The minimum absolute atomic E-state index is 0.0818. The first-order chi connectivity index (χ1) is 12.8. The van der Waals surface area contributed by atoms with Crippen LogP contribution in [-0.4, -0.2) is 71.9 Å². The minimum atomic E-state index is -1.93. The zero-order valence-corrected chi connectivity index (χ0v) is 14.4. The van der Waals surface area contributed by atoms with Crippen molar-refractivity contribution in [1.29, 1.82) is 0 Å². The van der Waals surface area contributed by atoms with Crippen molar-refractivity contribution in [3.8, 4) is 11.5 Å². The Morgan fingerprint density at radius 2 is 2.00 bits per heavy atom. The van der Waals surface area contributed by atoms with Crippen LogP contribution < -0.4 is 4.74 Å². The molecule has 27 heavy (non-hydrogen) atoms. The van der Waals surface area contributed by atoms with E-state index < -0.39 is 42.3 Å². The van der Waals surface area contributed by atoms with E-state index in [9.17, 15) is 29.7 Å². The summed E-state index contributed by atoms with van der Waals surface area (Å²) in [6.45, 7) is 0. The first-order valence-corrected chi connectivity index (χ1v) is 7.68. The van der Waals surface area contributed by atoms with Gasteiger partial charge in [0.2, 0.25) is 0 Å². The van der Waals surface area contributed by atoms with Gasteiger partial charge in [-0.05, 0) is 23.8 Å². The maximum atomic E-state index is 12.0. The van der Waals surface area contributed by atoms with Crippen LogP contribution in [0.1, 0.15) is 5.56 Å². The summed E-state index contributed by atoms with van der Waals surface area (Å²) in [7, 11) is 2.37. The minimum Gasteiger partial charge on any atom is -0.504 e. The topological polar surface area (TPSA) is 149 Å². The summed E-state index contributed by atoms with van der Waals surface area (Å²) in [6, 6.07) is 4.32. The largest absolute Gasteiger partial charge is 0.504 e. The number of phenolic OH excluding ortho intramolecular Hbond substituents is 1. The van der Waals surface area contributed by atoms with Gasteiger partial charge >= 0.3 is 17.9 Å². The van der Waals surface area contributed by atoms with Crippen molar-refractivity contribution in [2.24, 2.45) is 0 Å². The van der Waals surface area contributed by atoms with E-state index >= 15 is 0 Å². The number of aliphatic hydroxyl groups is 2. The van der Waals surface area contributed by atoms with E-state index in [4.69, 9.17) is 14.2 Å². The van der Waals surface area contributed by atoms with Crippen LogP contribution in [0.2, 0.25) is 0 Å². The van der Waals surface area contributed by atoms with Crippen LogP contribution in [0.4, 0.5) is 0 Å². The highest BCUT2D eigenvalue weighted by Crippen LogP contribution is 2.27. The molecule has 0 aromatic heterocycles. The van der Waals surface area contributed by atoms with Gasteiger partial charge in [-0.25, -0.2) is 14.4 Å². The number of rotatable bonds is 6. The third-order valence-electron chi connectivity index (χ3n) is 3.75. The molecule has 0 spiro atoms. The summed E-state index contributed by atoms with van der Waals surface area (Å²) in [5.74, 6) is -3.12. The van der Waals surface area contributed by atoms with Crippen LogP contribution in [0.3, 0.4) is 0 Å². The molecule has 4 atom stereocenters. The molecule has 1 aromatic rings. The quantitative estimate of drug-likeness (QED) is 0.322. The summed E-state index contributed by atoms with van der Waals surface area (Å²) in [5.41, 5.74) is 0.493. The van der Waals surface area contributed by atoms with Crippen molar-refractivity contribution in [2.45, 2.75) is 24.4 Å². The van der Waals surface area contributed by atoms with E-state index in [0.29, 0.717) is 5.56 Å². The maximum absolute atomic E-state index is 12.0. The number of cyclic esters (lactones) is 1. The average Bonchev–Trinajstić information content (AvgIpc) is 2.94. The number of carbonyl (C=O) groups excluding carboxylic acids is 3. The lowest BCUT2D eigenvalue weighted by Crippen LogP contribution is -2.45. The van der Waals surface area contributed by atoms with Crippen molar-refractivity contribution in [3.63, 3.8) is 0 Å². The lowest BCUT2D eigenvalue weighted by atomic mass is 10.1. The van der Waals surface area contributed by atoms with Gasteiger partial charge in [0, 0.05) is 6.08 Å². The second-order valence-corrected chi connectivity index (χ2v) is 5.48. The lowest BCUT2D eigenvalue weighted by Gasteiger charge is -2.21. The fourth-order valence-corrected chi connectivity index (χ4v) is 2.35. The summed E-state index contributed by atoms with van der Waals surface area (Å²) in [5, 5.41) is 29.1. The van der Waals surface area contributed by atoms with Crippen molar-refractivity contribution < 1.29 is 48.7 Å². The number of carbonyl (C=O) groups is 3. The van der Waals surface area contributed by atoms with Gasteiger partial charge in [-0.1, -0.05) is 6.07 Å². The van der Waals surface area contributed by atoms with Crippen LogP contribution in [0.5, 0.6) is 11.5 Å². The van der Waals surface area contributed by atoms with E-state index in [1.54, 1.807) is 0 Å². The van der Waals surface area contributed by atoms with Gasteiger partial charge in [-0.2, -0.15) is 0 Å². The fraction of sp³-hybridized carbons (Fsp3) is 0.353. The molecule has 1 aliphatic heterocycles. The SMILES string of the molecule is COC(=O)[C@@H](O)[C@@H]1OC(=O)[C@H](O)[C@H]1OC(=O)/C=C/c1ccc(O)c(OC)c1. The third-order valence-corrected chi connectivity index (χ3v) is 3.75. The predicted octanol–water partition coefficient (Wildman–Crippen LogP) is -0.854. The van der Waals surface area contributed by atoms with Gasteiger partial charge in [0.1, 0.15) is 0 Å². The standard InChI is InChI=1S/C17H18O10/c1-24-10-7-8(3-5-9(10)18)4-6-11(19)26-14-13(21)17(23)27-15(14)12(20)16(22)25-2/h3-7,12-15,18,20-21H,1-2H3/b6-4+/t12-,13+,14+,15-/m0/s1. The Morgan fingerprint density at radius 1 is 1.30 bits per heavy atom. The highest BCUT2D eigenvalue weighted by atomic mass is 16.6. The van der Waals surface area contributed by atoms with Gasteiger partial charge in [0.25, 0.3) is 0 Å². The summed E-state index contributed by atoms with van der Waals surface area (Å²) in [6.07, 6.45) is -4.67. The maximum Gasteiger partial charge on any atom is 0.339 e. The van der Waals surface area contributed by atoms with Crippen LogP contribution in [-0.2, 0) is 28.6 Å². The number of aliphatic hydroxyl groups excluding tert-OH is 2. The van der Waals surface area contributed by atoms with Gasteiger partial charge in [-0.15, -0.1) is 0 Å². The number of ether oxygens (including phenoxy) is 4. The third kappa shape index (κ3) is 4.54. The molecule has 2 rings (SSSR count). The molecule has 0 amide bonds. The van der Waals surface area contributed by atoms with Crippen LogP contribution in [0, 0.1) is 0 Å². The Kier molecular flexibility index (Phi) is 6.37. The Bertz CT molecular complexity index is 756. The molecule has 0 radical (unpaired) electrons. The van der Waals surface area contributed by atoms with Gasteiger partial charge in [0.15, 0.2) is 35.9 Å². The molecular formula is C17H18O10. The smallest absolute Gasteiger partial charge is 0.339 e. The van der Waals surface area contributed by atoms with E-state index in [2.05, 4.69) is 4.74 Å². The average molecular weight is 382 g/mol. The van der Waals surface area contributed by atoms with Gasteiger partial charge < -0.3 is 34.3 Å². The number of aromatic hydroxyl groups is 1. The molecule has 0 unspecified atom stereocenters. The number of hydrogen-bond acceptors (Lipinski definition) is 10. The highest BCUT2D eigenvalue weighted by Gasteiger charge is 2.51.